The van der Waals surface area contributed by atoms with Crippen LogP contribution >= 0.6 is 12.4 Å². The zero-order chi connectivity index (χ0) is 8.27. The highest BCUT2D eigenvalue weighted by atomic mass is 35.5. The van der Waals surface area contributed by atoms with Crippen molar-refractivity contribution in [3.8, 4) is 0 Å². The molecule has 1 nitrogen and oxygen atoms in total. The molecule has 1 rings (SSSR count). The van der Waals surface area contributed by atoms with Crippen molar-refractivity contribution in [2.45, 2.75) is 13.0 Å². The van der Waals surface area contributed by atoms with Crippen molar-refractivity contribution in [3.05, 3.63) is 35.6 Å². The summed E-state index contributed by atoms with van der Waals surface area (Å²) in [6.45, 7) is 2.03. The number of benzene rings is 1. The largest absolute Gasteiger partial charge is 0.313 e. The minimum absolute atomic E-state index is 0. The Hall–Kier alpha value is -0.600. The molecule has 1 atom stereocenters. The summed E-state index contributed by atoms with van der Waals surface area (Å²) in [5.74, 6) is -0.183. The predicted molar refractivity (Wildman–Crippen MR) is 51.1 cm³/mol. The highest BCUT2D eigenvalue weighted by molar-refractivity contribution is 5.85. The molecule has 0 aliphatic heterocycles. The van der Waals surface area contributed by atoms with Gasteiger partial charge in [0.25, 0.3) is 0 Å². The molecule has 1 aromatic carbocycles. The third-order valence-corrected chi connectivity index (χ3v) is 1.80. The monoisotopic (exact) mass is 189 g/mol. The molecule has 1 N–H and O–H groups in total. The first-order valence-corrected chi connectivity index (χ1v) is 3.67. The summed E-state index contributed by atoms with van der Waals surface area (Å²) >= 11 is 0. The van der Waals surface area contributed by atoms with Crippen LogP contribution in [0.1, 0.15) is 18.5 Å². The molecule has 3 heteroatoms. The Balaban J connectivity index is 0.00000121. The smallest absolute Gasteiger partial charge is 0.123 e. The van der Waals surface area contributed by atoms with Crippen molar-refractivity contribution in [1.82, 2.24) is 5.32 Å². The zero-order valence-corrected chi connectivity index (χ0v) is 7.99. The van der Waals surface area contributed by atoms with Crippen LogP contribution in [0.2, 0.25) is 0 Å². The van der Waals surface area contributed by atoms with Gasteiger partial charge in [0.2, 0.25) is 0 Å². The predicted octanol–water partition coefficient (Wildman–Crippen LogP) is 2.53. The first kappa shape index (κ1) is 11.4. The second kappa shape index (κ2) is 5.12. The molecular formula is C9H13ClFN. The van der Waals surface area contributed by atoms with E-state index in [-0.39, 0.29) is 24.3 Å². The quantitative estimate of drug-likeness (QED) is 0.754. The van der Waals surface area contributed by atoms with Gasteiger partial charge >= 0.3 is 0 Å². The Labute approximate surface area is 78.4 Å². The van der Waals surface area contributed by atoms with Crippen LogP contribution in [0.15, 0.2) is 24.3 Å². The van der Waals surface area contributed by atoms with E-state index in [0.29, 0.717) is 0 Å². The molecule has 0 aliphatic carbocycles. The molecule has 0 aliphatic rings. The summed E-state index contributed by atoms with van der Waals surface area (Å²) in [5.41, 5.74) is 1.11. The third kappa shape index (κ3) is 2.80. The van der Waals surface area contributed by atoms with Crippen LogP contribution in [0.3, 0.4) is 0 Å². The lowest BCUT2D eigenvalue weighted by molar-refractivity contribution is 0.619. The number of hydrogen-bond donors (Lipinski definition) is 1. The number of nitrogens with one attached hydrogen (secondary N) is 1. The number of halogens is 2. The van der Waals surface area contributed by atoms with Gasteiger partial charge in [-0.05, 0) is 31.7 Å². The minimum Gasteiger partial charge on any atom is -0.313 e. The summed E-state index contributed by atoms with van der Waals surface area (Å²) in [6, 6.07) is 6.81. The van der Waals surface area contributed by atoms with Crippen molar-refractivity contribution in [1.29, 1.82) is 0 Å². The van der Waals surface area contributed by atoms with Gasteiger partial charge in [-0.15, -0.1) is 12.4 Å². The second-order valence-corrected chi connectivity index (χ2v) is 2.56. The molecule has 0 amide bonds. The van der Waals surface area contributed by atoms with E-state index in [0.717, 1.165) is 5.56 Å². The Kier molecular flexibility index (Phi) is 4.86. The highest BCUT2D eigenvalue weighted by Crippen LogP contribution is 2.11. The van der Waals surface area contributed by atoms with Crippen molar-refractivity contribution in [2.75, 3.05) is 7.05 Å². The van der Waals surface area contributed by atoms with E-state index in [1.54, 1.807) is 12.1 Å². The fourth-order valence-electron chi connectivity index (χ4n) is 0.918. The Morgan fingerprint density at radius 3 is 2.17 bits per heavy atom. The normalized spacial score (nSPS) is 11.9. The van der Waals surface area contributed by atoms with Crippen LogP contribution in [0.4, 0.5) is 4.39 Å². The molecule has 68 valence electrons. The first-order chi connectivity index (χ1) is 5.24. The van der Waals surface area contributed by atoms with E-state index in [9.17, 15) is 4.39 Å². The van der Waals surface area contributed by atoms with Crippen molar-refractivity contribution in [3.63, 3.8) is 0 Å². The molecule has 12 heavy (non-hydrogen) atoms. The van der Waals surface area contributed by atoms with Crippen LogP contribution in [0, 0.1) is 5.82 Å². The second-order valence-electron chi connectivity index (χ2n) is 2.56. The lowest BCUT2D eigenvalue weighted by Gasteiger charge is -2.09. The Bertz CT molecular complexity index is 222. The maximum Gasteiger partial charge on any atom is 0.123 e. The summed E-state index contributed by atoms with van der Waals surface area (Å²) in [5, 5.41) is 3.08. The van der Waals surface area contributed by atoms with Crippen molar-refractivity contribution in [2.24, 2.45) is 0 Å². The molecule has 1 aromatic rings. The SMILES string of the molecule is CNC(C)c1ccc(F)cc1.Cl. The lowest BCUT2D eigenvalue weighted by atomic mass is 10.1. The van der Waals surface area contributed by atoms with Gasteiger partial charge in [-0.25, -0.2) is 4.39 Å². The van der Waals surface area contributed by atoms with Crippen LogP contribution < -0.4 is 5.32 Å². The van der Waals surface area contributed by atoms with Gasteiger partial charge < -0.3 is 5.32 Å². The summed E-state index contributed by atoms with van der Waals surface area (Å²) in [6.07, 6.45) is 0. The first-order valence-electron chi connectivity index (χ1n) is 3.67. The average molecular weight is 190 g/mol. The molecule has 0 heterocycles. The van der Waals surface area contributed by atoms with Crippen LogP contribution in [0.25, 0.3) is 0 Å². The fraction of sp³-hybridized carbons (Fsp3) is 0.333. The van der Waals surface area contributed by atoms with E-state index < -0.39 is 0 Å². The van der Waals surface area contributed by atoms with Gasteiger partial charge in [0.05, 0.1) is 0 Å². The van der Waals surface area contributed by atoms with E-state index in [4.69, 9.17) is 0 Å². The number of rotatable bonds is 2. The van der Waals surface area contributed by atoms with Gasteiger partial charge in [-0.3, -0.25) is 0 Å². The lowest BCUT2D eigenvalue weighted by Crippen LogP contribution is -2.11. The Morgan fingerprint density at radius 2 is 1.75 bits per heavy atom. The van der Waals surface area contributed by atoms with Crippen LogP contribution in [-0.4, -0.2) is 7.05 Å². The van der Waals surface area contributed by atoms with Crippen LogP contribution in [0.5, 0.6) is 0 Å². The van der Waals surface area contributed by atoms with Crippen molar-refractivity contribution < 1.29 is 4.39 Å². The van der Waals surface area contributed by atoms with E-state index in [1.165, 1.54) is 12.1 Å². The molecule has 0 saturated heterocycles. The van der Waals surface area contributed by atoms with Crippen molar-refractivity contribution >= 4 is 12.4 Å². The highest BCUT2D eigenvalue weighted by Gasteiger charge is 2.00. The molecule has 0 bridgehead atoms. The van der Waals surface area contributed by atoms with Gasteiger partial charge in [-0.2, -0.15) is 0 Å². The van der Waals surface area contributed by atoms with Gasteiger partial charge in [0.1, 0.15) is 5.82 Å². The maximum absolute atomic E-state index is 12.4. The molecule has 0 aromatic heterocycles. The van der Waals surface area contributed by atoms with E-state index in [2.05, 4.69) is 5.32 Å². The number of hydrogen-bond acceptors (Lipinski definition) is 1. The Morgan fingerprint density at radius 1 is 1.25 bits per heavy atom. The molecular weight excluding hydrogens is 177 g/mol. The molecule has 0 spiro atoms. The minimum atomic E-state index is -0.183. The molecule has 1 unspecified atom stereocenters. The summed E-state index contributed by atoms with van der Waals surface area (Å²) < 4.78 is 12.4. The van der Waals surface area contributed by atoms with E-state index in [1.807, 2.05) is 14.0 Å². The molecule has 0 fully saturated rings. The fourth-order valence-corrected chi connectivity index (χ4v) is 0.918. The molecule has 0 saturated carbocycles. The topological polar surface area (TPSA) is 12.0 Å². The third-order valence-electron chi connectivity index (χ3n) is 1.80. The standard InChI is InChI=1S/C9H12FN.ClH/c1-7(11-2)8-3-5-9(10)6-4-8;/h3-7,11H,1-2H3;1H. The zero-order valence-electron chi connectivity index (χ0n) is 7.17. The van der Waals surface area contributed by atoms with Gasteiger partial charge in [0, 0.05) is 6.04 Å². The average Bonchev–Trinajstić information content (AvgIpc) is 2.05. The summed E-state index contributed by atoms with van der Waals surface area (Å²) in [4.78, 5) is 0. The summed E-state index contributed by atoms with van der Waals surface area (Å²) in [7, 11) is 1.88. The maximum atomic E-state index is 12.4. The molecule has 0 radical (unpaired) electrons. The van der Waals surface area contributed by atoms with Crippen LogP contribution in [-0.2, 0) is 0 Å². The van der Waals surface area contributed by atoms with Gasteiger partial charge in [0.15, 0.2) is 0 Å². The van der Waals surface area contributed by atoms with Gasteiger partial charge in [-0.1, -0.05) is 12.1 Å². The van der Waals surface area contributed by atoms with E-state index >= 15 is 0 Å².